The number of ether oxygens (including phenoxy) is 1. The number of hydrogen-bond acceptors (Lipinski definition) is 3. The zero-order valence-electron chi connectivity index (χ0n) is 13.6. The Hall–Kier alpha value is -1.10. The Morgan fingerprint density at radius 1 is 1.36 bits per heavy atom. The Bertz CT molecular complexity index is 511. The first-order chi connectivity index (χ1) is 9.83. The summed E-state index contributed by atoms with van der Waals surface area (Å²) >= 11 is 0. The molecule has 0 radical (unpaired) electrons. The molecule has 5 heteroatoms. The van der Waals surface area contributed by atoms with Crippen LogP contribution in [-0.2, 0) is 14.9 Å². The van der Waals surface area contributed by atoms with Gasteiger partial charge in [0.05, 0.1) is 5.54 Å². The number of carbonyl (C=O) groups excluding carboxylic acids is 1. The van der Waals surface area contributed by atoms with Crippen LogP contribution in [0.1, 0.15) is 37.8 Å². The number of nitrogens with one attached hydrogen (secondary N) is 1. The van der Waals surface area contributed by atoms with Gasteiger partial charge in [0, 0.05) is 25.2 Å². The average molecular weight is 327 g/mol. The van der Waals surface area contributed by atoms with Crippen LogP contribution in [-0.4, -0.2) is 31.2 Å². The maximum atomic E-state index is 12.4. The standard InChI is InChI=1S/C17H26N2O2.ClH/c1-13-5-4-6-14(11-13)16(2,3)12-19-15(20)17(18)7-9-21-10-8-17;/h4-6,11H,7-10,12,18H2,1-3H3,(H,19,20);1H. The summed E-state index contributed by atoms with van der Waals surface area (Å²) in [5.41, 5.74) is 7.76. The van der Waals surface area contributed by atoms with Gasteiger partial charge in [-0.1, -0.05) is 43.7 Å². The number of nitrogens with two attached hydrogens (primary N) is 1. The van der Waals surface area contributed by atoms with Gasteiger partial charge in [-0.3, -0.25) is 4.79 Å². The second-order valence-corrected chi connectivity index (χ2v) is 6.70. The van der Waals surface area contributed by atoms with Gasteiger partial charge >= 0.3 is 0 Å². The molecule has 0 aliphatic carbocycles. The van der Waals surface area contributed by atoms with E-state index in [-0.39, 0.29) is 23.7 Å². The van der Waals surface area contributed by atoms with E-state index in [1.54, 1.807) is 0 Å². The summed E-state index contributed by atoms with van der Waals surface area (Å²) in [6.45, 7) is 8.05. The van der Waals surface area contributed by atoms with Crippen molar-refractivity contribution in [2.45, 2.75) is 44.6 Å². The first-order valence-corrected chi connectivity index (χ1v) is 7.56. The number of rotatable bonds is 4. The highest BCUT2D eigenvalue weighted by Crippen LogP contribution is 2.24. The molecule has 1 heterocycles. The van der Waals surface area contributed by atoms with E-state index < -0.39 is 5.54 Å². The average Bonchev–Trinajstić information content (AvgIpc) is 2.45. The van der Waals surface area contributed by atoms with Crippen LogP contribution in [0.3, 0.4) is 0 Å². The van der Waals surface area contributed by atoms with E-state index >= 15 is 0 Å². The molecule has 1 saturated heterocycles. The molecular formula is C17H27ClN2O2. The minimum absolute atomic E-state index is 0. The van der Waals surface area contributed by atoms with Crippen LogP contribution >= 0.6 is 12.4 Å². The van der Waals surface area contributed by atoms with E-state index in [1.807, 2.05) is 0 Å². The molecule has 0 bridgehead atoms. The molecule has 0 atom stereocenters. The SMILES string of the molecule is Cc1cccc(C(C)(C)CNC(=O)C2(N)CCOCC2)c1.Cl. The van der Waals surface area contributed by atoms with Crippen molar-refractivity contribution in [1.29, 1.82) is 0 Å². The summed E-state index contributed by atoms with van der Waals surface area (Å²) in [5, 5.41) is 3.03. The third-order valence-corrected chi connectivity index (χ3v) is 4.33. The van der Waals surface area contributed by atoms with Gasteiger partial charge in [-0.25, -0.2) is 0 Å². The summed E-state index contributed by atoms with van der Waals surface area (Å²) in [4.78, 5) is 12.4. The number of carbonyl (C=O) groups is 1. The summed E-state index contributed by atoms with van der Waals surface area (Å²) in [6.07, 6.45) is 1.17. The zero-order chi connectivity index (χ0) is 15.5. The van der Waals surface area contributed by atoms with E-state index in [1.165, 1.54) is 11.1 Å². The van der Waals surface area contributed by atoms with Gasteiger partial charge in [0.1, 0.15) is 0 Å². The van der Waals surface area contributed by atoms with E-state index in [0.717, 1.165) is 0 Å². The molecule has 0 spiro atoms. The fourth-order valence-electron chi connectivity index (χ4n) is 2.61. The molecular weight excluding hydrogens is 300 g/mol. The molecule has 1 amide bonds. The minimum atomic E-state index is -0.777. The Morgan fingerprint density at radius 2 is 2.00 bits per heavy atom. The van der Waals surface area contributed by atoms with Crippen molar-refractivity contribution in [1.82, 2.24) is 5.32 Å². The number of aryl methyl sites for hydroxylation is 1. The van der Waals surface area contributed by atoms with Gasteiger partial charge in [-0.2, -0.15) is 0 Å². The van der Waals surface area contributed by atoms with Gasteiger partial charge in [-0.05, 0) is 25.3 Å². The normalized spacial score (nSPS) is 17.5. The topological polar surface area (TPSA) is 64.4 Å². The van der Waals surface area contributed by atoms with Crippen LogP contribution in [0, 0.1) is 6.92 Å². The van der Waals surface area contributed by atoms with Crippen LogP contribution < -0.4 is 11.1 Å². The van der Waals surface area contributed by atoms with Crippen molar-refractivity contribution >= 4 is 18.3 Å². The predicted molar refractivity (Wildman–Crippen MR) is 91.4 cm³/mol. The molecule has 124 valence electrons. The van der Waals surface area contributed by atoms with Crippen molar-refractivity contribution in [2.24, 2.45) is 5.73 Å². The first-order valence-electron chi connectivity index (χ1n) is 7.56. The Morgan fingerprint density at radius 3 is 2.59 bits per heavy atom. The monoisotopic (exact) mass is 326 g/mol. The summed E-state index contributed by atoms with van der Waals surface area (Å²) in [7, 11) is 0. The van der Waals surface area contributed by atoms with Gasteiger partial charge < -0.3 is 15.8 Å². The Labute approximate surface area is 139 Å². The fraction of sp³-hybridized carbons (Fsp3) is 0.588. The number of amides is 1. The molecule has 0 unspecified atom stereocenters. The van der Waals surface area contributed by atoms with E-state index in [4.69, 9.17) is 10.5 Å². The smallest absolute Gasteiger partial charge is 0.240 e. The maximum Gasteiger partial charge on any atom is 0.240 e. The molecule has 1 aromatic rings. The zero-order valence-corrected chi connectivity index (χ0v) is 14.5. The van der Waals surface area contributed by atoms with Crippen LogP contribution in [0.25, 0.3) is 0 Å². The minimum Gasteiger partial charge on any atom is -0.381 e. The third kappa shape index (κ3) is 4.45. The third-order valence-electron chi connectivity index (χ3n) is 4.33. The molecule has 3 N–H and O–H groups in total. The highest BCUT2D eigenvalue weighted by Gasteiger charge is 2.36. The van der Waals surface area contributed by atoms with Crippen molar-refractivity contribution in [3.05, 3.63) is 35.4 Å². The predicted octanol–water partition coefficient (Wildman–Crippen LogP) is 2.32. The number of benzene rings is 1. The fourth-order valence-corrected chi connectivity index (χ4v) is 2.61. The summed E-state index contributed by atoms with van der Waals surface area (Å²) in [6, 6.07) is 8.40. The van der Waals surface area contributed by atoms with E-state index in [2.05, 4.69) is 50.4 Å². The molecule has 1 aromatic carbocycles. The Kier molecular flexibility index (Phi) is 6.41. The molecule has 2 rings (SSSR count). The van der Waals surface area contributed by atoms with Crippen LogP contribution in [0.5, 0.6) is 0 Å². The lowest BCUT2D eigenvalue weighted by Crippen LogP contribution is -2.58. The van der Waals surface area contributed by atoms with Crippen molar-refractivity contribution in [2.75, 3.05) is 19.8 Å². The number of halogens is 1. The number of hydrogen-bond donors (Lipinski definition) is 2. The van der Waals surface area contributed by atoms with Crippen LogP contribution in [0.15, 0.2) is 24.3 Å². The Balaban J connectivity index is 0.00000242. The highest BCUT2D eigenvalue weighted by atomic mass is 35.5. The van der Waals surface area contributed by atoms with E-state index in [0.29, 0.717) is 32.6 Å². The molecule has 4 nitrogen and oxygen atoms in total. The largest absolute Gasteiger partial charge is 0.381 e. The summed E-state index contributed by atoms with van der Waals surface area (Å²) < 4.78 is 5.28. The quantitative estimate of drug-likeness (QED) is 0.892. The van der Waals surface area contributed by atoms with Crippen LogP contribution in [0.2, 0.25) is 0 Å². The lowest BCUT2D eigenvalue weighted by molar-refractivity contribution is -0.130. The van der Waals surface area contributed by atoms with Gasteiger partial charge in [0.15, 0.2) is 0 Å². The second-order valence-electron chi connectivity index (χ2n) is 6.70. The van der Waals surface area contributed by atoms with Gasteiger partial charge in [-0.15, -0.1) is 12.4 Å². The molecule has 0 saturated carbocycles. The van der Waals surface area contributed by atoms with Crippen molar-refractivity contribution in [3.8, 4) is 0 Å². The van der Waals surface area contributed by atoms with Gasteiger partial charge in [0.25, 0.3) is 0 Å². The lowest BCUT2D eigenvalue weighted by atomic mass is 9.83. The molecule has 1 aliphatic heterocycles. The highest BCUT2D eigenvalue weighted by molar-refractivity contribution is 5.86. The molecule has 22 heavy (non-hydrogen) atoms. The van der Waals surface area contributed by atoms with Crippen molar-refractivity contribution < 1.29 is 9.53 Å². The lowest BCUT2D eigenvalue weighted by Gasteiger charge is -2.34. The molecule has 1 fully saturated rings. The van der Waals surface area contributed by atoms with Crippen LogP contribution in [0.4, 0.5) is 0 Å². The van der Waals surface area contributed by atoms with Crippen molar-refractivity contribution in [3.63, 3.8) is 0 Å². The van der Waals surface area contributed by atoms with Gasteiger partial charge in [0.2, 0.25) is 5.91 Å². The van der Waals surface area contributed by atoms with E-state index in [9.17, 15) is 4.79 Å². The molecule has 1 aliphatic rings. The summed E-state index contributed by atoms with van der Waals surface area (Å²) in [5.74, 6) is -0.0634. The first kappa shape index (κ1) is 18.9. The molecule has 0 aromatic heterocycles. The maximum absolute atomic E-state index is 12.4. The second kappa shape index (κ2) is 7.44.